The number of aromatic amines is 1. The van der Waals surface area contributed by atoms with E-state index in [1.807, 2.05) is 12.1 Å². The number of urea groups is 1. The topological polar surface area (TPSA) is 68.4 Å². The van der Waals surface area contributed by atoms with Crippen LogP contribution in [0.15, 0.2) is 24.3 Å². The van der Waals surface area contributed by atoms with Crippen molar-refractivity contribution >= 4 is 16.9 Å². The second kappa shape index (κ2) is 6.40. The molecule has 0 aliphatic rings. The number of amides is 2. The molecule has 0 spiro atoms. The quantitative estimate of drug-likeness (QED) is 0.794. The second-order valence-electron chi connectivity index (χ2n) is 6.42. The van der Waals surface area contributed by atoms with E-state index in [1.54, 1.807) is 20.9 Å². The molecule has 0 aliphatic heterocycles. The van der Waals surface area contributed by atoms with Crippen LogP contribution in [0, 0.1) is 6.92 Å². The highest BCUT2D eigenvalue weighted by molar-refractivity contribution is 5.84. The second-order valence-corrected chi connectivity index (χ2v) is 6.42. The molecule has 22 heavy (non-hydrogen) atoms. The van der Waals surface area contributed by atoms with Crippen molar-refractivity contribution in [1.82, 2.24) is 15.2 Å². The number of likely N-dealkylation sites (N-methyl/N-ethyl adjacent to an activating group) is 1. The van der Waals surface area contributed by atoms with E-state index in [0.717, 1.165) is 17.6 Å². The first-order valence-electron chi connectivity index (χ1n) is 7.55. The number of aryl methyl sites for hydroxylation is 1. The summed E-state index contributed by atoms with van der Waals surface area (Å²) in [5.74, 6) is 0. The Morgan fingerprint density at radius 2 is 2.05 bits per heavy atom. The van der Waals surface area contributed by atoms with Gasteiger partial charge in [0.2, 0.25) is 0 Å². The first kappa shape index (κ1) is 16.4. The van der Waals surface area contributed by atoms with Crippen LogP contribution in [0.4, 0.5) is 4.79 Å². The number of rotatable bonds is 5. The number of aliphatic hydroxyl groups is 1. The number of nitrogens with zero attached hydrogens (tertiary/aromatic N) is 1. The zero-order valence-corrected chi connectivity index (χ0v) is 13.7. The molecule has 3 N–H and O–H groups in total. The minimum absolute atomic E-state index is 0.167. The molecule has 0 saturated carbocycles. The van der Waals surface area contributed by atoms with E-state index < -0.39 is 5.60 Å². The molecule has 2 rings (SSSR count). The van der Waals surface area contributed by atoms with Gasteiger partial charge in [-0.1, -0.05) is 18.2 Å². The van der Waals surface area contributed by atoms with Crippen LogP contribution in [0.5, 0.6) is 0 Å². The molecule has 2 aromatic rings. The normalized spacial score (nSPS) is 11.7. The van der Waals surface area contributed by atoms with Crippen LogP contribution in [0.25, 0.3) is 10.9 Å². The molecule has 5 heteroatoms. The van der Waals surface area contributed by atoms with E-state index in [-0.39, 0.29) is 6.03 Å². The molecule has 0 radical (unpaired) electrons. The van der Waals surface area contributed by atoms with Crippen molar-refractivity contribution < 1.29 is 9.90 Å². The third-order valence-corrected chi connectivity index (χ3v) is 3.65. The van der Waals surface area contributed by atoms with Crippen molar-refractivity contribution in [3.8, 4) is 0 Å². The molecule has 0 unspecified atom stereocenters. The van der Waals surface area contributed by atoms with Gasteiger partial charge in [-0.05, 0) is 38.8 Å². The Kier molecular flexibility index (Phi) is 4.76. The van der Waals surface area contributed by atoms with Crippen molar-refractivity contribution in [2.75, 3.05) is 20.1 Å². The van der Waals surface area contributed by atoms with Crippen LogP contribution in [-0.4, -0.2) is 46.8 Å². The average Bonchev–Trinajstić information content (AvgIpc) is 2.73. The van der Waals surface area contributed by atoms with Crippen molar-refractivity contribution in [2.45, 2.75) is 32.8 Å². The van der Waals surface area contributed by atoms with Gasteiger partial charge in [0.1, 0.15) is 0 Å². The molecule has 0 saturated heterocycles. The first-order chi connectivity index (χ1) is 10.3. The van der Waals surface area contributed by atoms with Crippen molar-refractivity contribution in [1.29, 1.82) is 0 Å². The summed E-state index contributed by atoms with van der Waals surface area (Å²) in [6, 6.07) is 8.02. The monoisotopic (exact) mass is 303 g/mol. The van der Waals surface area contributed by atoms with E-state index in [2.05, 4.69) is 29.4 Å². The summed E-state index contributed by atoms with van der Waals surface area (Å²) in [4.78, 5) is 16.9. The molecular weight excluding hydrogens is 278 g/mol. The van der Waals surface area contributed by atoms with E-state index in [1.165, 1.54) is 15.8 Å². The van der Waals surface area contributed by atoms with E-state index in [4.69, 9.17) is 0 Å². The lowest BCUT2D eigenvalue weighted by Gasteiger charge is -2.25. The lowest BCUT2D eigenvalue weighted by atomic mass is 10.1. The lowest BCUT2D eigenvalue weighted by Crippen LogP contribution is -2.45. The molecule has 120 valence electrons. The minimum atomic E-state index is -0.889. The summed E-state index contributed by atoms with van der Waals surface area (Å²) in [5, 5.41) is 13.8. The maximum atomic E-state index is 12.0. The molecule has 5 nitrogen and oxygen atoms in total. The number of nitrogens with one attached hydrogen (secondary N) is 2. The van der Waals surface area contributed by atoms with Gasteiger partial charge in [0.25, 0.3) is 0 Å². The van der Waals surface area contributed by atoms with Gasteiger partial charge in [-0.2, -0.15) is 0 Å². The maximum Gasteiger partial charge on any atom is 0.317 e. The van der Waals surface area contributed by atoms with E-state index in [9.17, 15) is 9.90 Å². The van der Waals surface area contributed by atoms with Crippen molar-refractivity contribution in [3.05, 3.63) is 35.5 Å². The zero-order chi connectivity index (χ0) is 16.3. The van der Waals surface area contributed by atoms with Crippen molar-refractivity contribution in [2.24, 2.45) is 0 Å². The third kappa shape index (κ3) is 4.01. The van der Waals surface area contributed by atoms with Gasteiger partial charge < -0.3 is 20.3 Å². The van der Waals surface area contributed by atoms with Gasteiger partial charge in [0.15, 0.2) is 0 Å². The molecule has 2 amide bonds. The van der Waals surface area contributed by atoms with Crippen molar-refractivity contribution in [3.63, 3.8) is 0 Å². The smallest absolute Gasteiger partial charge is 0.317 e. The van der Waals surface area contributed by atoms with Gasteiger partial charge in [-0.3, -0.25) is 0 Å². The fourth-order valence-corrected chi connectivity index (χ4v) is 2.74. The van der Waals surface area contributed by atoms with Gasteiger partial charge in [0.05, 0.1) is 12.1 Å². The molecule has 0 atom stereocenters. The summed E-state index contributed by atoms with van der Waals surface area (Å²) in [7, 11) is 1.68. The Labute approximate surface area is 131 Å². The molecule has 0 aliphatic carbocycles. The highest BCUT2D eigenvalue weighted by atomic mass is 16.3. The minimum Gasteiger partial charge on any atom is -0.389 e. The standard InChI is InChI=1S/C17H25N3O2/c1-12-13(14-7-5-6-8-15(14)19-12)9-10-18-16(21)20(4)11-17(2,3)22/h5-8,19,22H,9-11H2,1-4H3,(H,18,21). The molecular formula is C17H25N3O2. The SMILES string of the molecule is Cc1[nH]c2ccccc2c1CCNC(=O)N(C)CC(C)(C)O. The van der Waals surface area contributed by atoms with E-state index in [0.29, 0.717) is 13.1 Å². The van der Waals surface area contributed by atoms with Gasteiger partial charge in [0, 0.05) is 30.2 Å². The van der Waals surface area contributed by atoms with Crippen LogP contribution in [0.3, 0.4) is 0 Å². The maximum absolute atomic E-state index is 12.0. The summed E-state index contributed by atoms with van der Waals surface area (Å²) in [5.41, 5.74) is 2.61. The molecule has 1 aromatic heterocycles. The number of hydrogen-bond acceptors (Lipinski definition) is 2. The predicted octanol–water partition coefficient (Wildman–Crippen LogP) is 2.43. The Bertz CT molecular complexity index is 655. The fraction of sp³-hybridized carbons (Fsp3) is 0.471. The molecule has 0 bridgehead atoms. The molecule has 1 aromatic carbocycles. The number of hydrogen-bond donors (Lipinski definition) is 3. The van der Waals surface area contributed by atoms with E-state index >= 15 is 0 Å². The average molecular weight is 303 g/mol. The van der Waals surface area contributed by atoms with Crippen LogP contribution < -0.4 is 5.32 Å². The number of para-hydroxylation sites is 1. The Balaban J connectivity index is 1.93. The van der Waals surface area contributed by atoms with Crippen LogP contribution in [0.1, 0.15) is 25.1 Å². The zero-order valence-electron chi connectivity index (χ0n) is 13.7. The summed E-state index contributed by atoms with van der Waals surface area (Å²) in [6.07, 6.45) is 0.776. The number of aromatic nitrogens is 1. The number of H-pyrrole nitrogens is 1. The van der Waals surface area contributed by atoms with Crippen LogP contribution in [0.2, 0.25) is 0 Å². The third-order valence-electron chi connectivity index (χ3n) is 3.65. The van der Waals surface area contributed by atoms with Crippen LogP contribution >= 0.6 is 0 Å². The Morgan fingerprint density at radius 3 is 2.73 bits per heavy atom. The highest BCUT2D eigenvalue weighted by Gasteiger charge is 2.19. The number of carbonyl (C=O) groups is 1. The Hall–Kier alpha value is -2.01. The first-order valence-corrected chi connectivity index (χ1v) is 7.55. The van der Waals surface area contributed by atoms with Gasteiger partial charge in [-0.25, -0.2) is 4.79 Å². The summed E-state index contributed by atoms with van der Waals surface area (Å²) >= 11 is 0. The highest BCUT2D eigenvalue weighted by Crippen LogP contribution is 2.21. The predicted molar refractivity (Wildman–Crippen MR) is 89.1 cm³/mol. The van der Waals surface area contributed by atoms with Crippen LogP contribution in [-0.2, 0) is 6.42 Å². The van der Waals surface area contributed by atoms with Gasteiger partial charge >= 0.3 is 6.03 Å². The largest absolute Gasteiger partial charge is 0.389 e. The molecule has 1 heterocycles. The summed E-state index contributed by atoms with van der Waals surface area (Å²) in [6.45, 7) is 6.29. The molecule has 0 fully saturated rings. The van der Waals surface area contributed by atoms with Gasteiger partial charge in [-0.15, -0.1) is 0 Å². The Morgan fingerprint density at radius 1 is 1.36 bits per heavy atom. The fourth-order valence-electron chi connectivity index (χ4n) is 2.74. The number of benzene rings is 1. The summed E-state index contributed by atoms with van der Waals surface area (Å²) < 4.78 is 0. The number of carbonyl (C=O) groups excluding carboxylic acids is 1. The lowest BCUT2D eigenvalue weighted by molar-refractivity contribution is 0.0532. The number of fused-ring (bicyclic) bond motifs is 1.